The molecule has 0 saturated carbocycles. The van der Waals surface area contributed by atoms with Crippen LogP contribution >= 0.6 is 23.2 Å². The lowest BCUT2D eigenvalue weighted by Crippen LogP contribution is -2.12. The van der Waals surface area contributed by atoms with Crippen LogP contribution in [0, 0.1) is 10.1 Å². The van der Waals surface area contributed by atoms with Gasteiger partial charge in [0.05, 0.1) is 15.5 Å². The zero-order valence-electron chi connectivity index (χ0n) is 14.1. The van der Waals surface area contributed by atoms with Crippen molar-refractivity contribution in [3.63, 3.8) is 0 Å². The van der Waals surface area contributed by atoms with Gasteiger partial charge in [-0.3, -0.25) is 14.9 Å². The maximum Gasteiger partial charge on any atom is 0.311 e. The number of para-hydroxylation sites is 1. The van der Waals surface area contributed by atoms with E-state index >= 15 is 0 Å². The third-order valence-electron chi connectivity index (χ3n) is 3.69. The number of phenolic OH excluding ortho intramolecular Hbond substituents is 1. The van der Waals surface area contributed by atoms with Crippen molar-refractivity contribution < 1.29 is 19.6 Å². The van der Waals surface area contributed by atoms with Crippen LogP contribution in [0.5, 0.6) is 17.2 Å². The van der Waals surface area contributed by atoms with Gasteiger partial charge in [0.15, 0.2) is 0 Å². The summed E-state index contributed by atoms with van der Waals surface area (Å²) >= 11 is 11.9. The van der Waals surface area contributed by atoms with Crippen LogP contribution in [0.25, 0.3) is 0 Å². The van der Waals surface area contributed by atoms with Crippen molar-refractivity contribution in [1.29, 1.82) is 0 Å². The third kappa shape index (κ3) is 4.33. The Morgan fingerprint density at radius 1 is 1.07 bits per heavy atom. The lowest BCUT2D eigenvalue weighted by Gasteiger charge is -2.10. The highest BCUT2D eigenvalue weighted by atomic mass is 35.5. The molecule has 0 saturated heterocycles. The summed E-state index contributed by atoms with van der Waals surface area (Å²) in [5.41, 5.74) is -0.343. The predicted octanol–water partition coefficient (Wildman–Crippen LogP) is 5.65. The monoisotopic (exact) mass is 418 g/mol. The fourth-order valence-electron chi connectivity index (χ4n) is 2.35. The topological polar surface area (TPSA) is 102 Å². The molecule has 3 aromatic rings. The Kier molecular flexibility index (Phi) is 5.67. The number of hydrogen-bond acceptors (Lipinski definition) is 5. The highest BCUT2D eigenvalue weighted by molar-refractivity contribution is 6.35. The quantitative estimate of drug-likeness (QED) is 0.411. The summed E-state index contributed by atoms with van der Waals surface area (Å²) in [5.74, 6) is -0.484. The minimum atomic E-state index is -0.764. The molecule has 28 heavy (non-hydrogen) atoms. The lowest BCUT2D eigenvalue weighted by atomic mass is 10.1. The van der Waals surface area contributed by atoms with Gasteiger partial charge in [-0.25, -0.2) is 0 Å². The van der Waals surface area contributed by atoms with Crippen LogP contribution in [-0.2, 0) is 0 Å². The Hall–Kier alpha value is -3.29. The Morgan fingerprint density at radius 2 is 1.79 bits per heavy atom. The number of nitro groups is 1. The van der Waals surface area contributed by atoms with Crippen LogP contribution in [-0.4, -0.2) is 15.9 Å². The van der Waals surface area contributed by atoms with Gasteiger partial charge in [-0.2, -0.15) is 0 Å². The number of halogens is 2. The van der Waals surface area contributed by atoms with E-state index in [1.807, 2.05) is 0 Å². The second-order valence-electron chi connectivity index (χ2n) is 5.59. The number of nitrogens with one attached hydrogen (secondary N) is 1. The van der Waals surface area contributed by atoms with Crippen LogP contribution in [0.3, 0.4) is 0 Å². The van der Waals surface area contributed by atoms with E-state index in [4.69, 9.17) is 27.9 Å². The van der Waals surface area contributed by atoms with Crippen molar-refractivity contribution in [3.05, 3.63) is 86.4 Å². The molecule has 0 heterocycles. The van der Waals surface area contributed by atoms with Crippen LogP contribution in [0.15, 0.2) is 60.7 Å². The maximum atomic E-state index is 12.3. The largest absolute Gasteiger partial charge is 0.502 e. The predicted molar refractivity (Wildman–Crippen MR) is 106 cm³/mol. The number of carbonyl (C=O) groups is 1. The number of rotatable bonds is 5. The van der Waals surface area contributed by atoms with Crippen LogP contribution < -0.4 is 10.1 Å². The SMILES string of the molecule is O=C(Nc1ccc(Oc2ccc(Cl)cc2Cl)cc1)c1cccc([N+](=O)[O-])c1O. The molecule has 0 aromatic heterocycles. The van der Waals surface area contributed by atoms with E-state index < -0.39 is 22.3 Å². The number of anilines is 1. The molecular weight excluding hydrogens is 407 g/mol. The minimum absolute atomic E-state index is 0.206. The highest BCUT2D eigenvalue weighted by Gasteiger charge is 2.21. The van der Waals surface area contributed by atoms with Gasteiger partial charge in [-0.1, -0.05) is 29.3 Å². The molecule has 9 heteroatoms. The van der Waals surface area contributed by atoms with Gasteiger partial charge >= 0.3 is 5.69 Å². The number of phenols is 1. The first-order chi connectivity index (χ1) is 13.3. The van der Waals surface area contributed by atoms with E-state index in [0.717, 1.165) is 6.07 Å². The summed E-state index contributed by atoms with van der Waals surface area (Å²) < 4.78 is 5.65. The lowest BCUT2D eigenvalue weighted by molar-refractivity contribution is -0.385. The van der Waals surface area contributed by atoms with E-state index in [1.54, 1.807) is 42.5 Å². The average Bonchev–Trinajstić information content (AvgIpc) is 2.65. The van der Waals surface area contributed by atoms with Crippen molar-refractivity contribution in [2.75, 3.05) is 5.32 Å². The second-order valence-corrected chi connectivity index (χ2v) is 6.43. The van der Waals surface area contributed by atoms with Crippen molar-refractivity contribution in [3.8, 4) is 17.2 Å². The summed E-state index contributed by atoms with van der Waals surface area (Å²) in [6, 6.07) is 14.9. The summed E-state index contributed by atoms with van der Waals surface area (Å²) in [6.07, 6.45) is 0. The van der Waals surface area contributed by atoms with Gasteiger partial charge < -0.3 is 15.2 Å². The standard InChI is InChI=1S/C19H12Cl2N2O5/c20-11-4-9-17(15(21)10-11)28-13-7-5-12(6-8-13)22-19(25)14-2-1-3-16(18(14)24)23(26)27/h1-10,24H,(H,22,25). The van der Waals surface area contributed by atoms with Crippen molar-refractivity contribution >= 4 is 40.5 Å². The molecule has 1 amide bonds. The van der Waals surface area contributed by atoms with Crippen LogP contribution in [0.4, 0.5) is 11.4 Å². The zero-order valence-corrected chi connectivity index (χ0v) is 15.6. The number of nitrogens with zero attached hydrogens (tertiary/aromatic N) is 1. The van der Waals surface area contributed by atoms with Gasteiger partial charge in [0.1, 0.15) is 11.5 Å². The van der Waals surface area contributed by atoms with E-state index in [0.29, 0.717) is 27.2 Å². The average molecular weight is 419 g/mol. The molecule has 0 spiro atoms. The molecule has 0 aliphatic rings. The summed E-state index contributed by atoms with van der Waals surface area (Å²) in [6.45, 7) is 0. The molecule has 3 rings (SSSR count). The molecule has 7 nitrogen and oxygen atoms in total. The molecule has 0 aliphatic heterocycles. The van der Waals surface area contributed by atoms with Crippen molar-refractivity contribution in [1.82, 2.24) is 0 Å². The van der Waals surface area contributed by atoms with Crippen molar-refractivity contribution in [2.45, 2.75) is 0 Å². The molecule has 0 radical (unpaired) electrons. The van der Waals surface area contributed by atoms with E-state index in [-0.39, 0.29) is 5.56 Å². The number of ether oxygens (including phenoxy) is 1. The smallest absolute Gasteiger partial charge is 0.311 e. The number of carbonyl (C=O) groups excluding carboxylic acids is 1. The summed E-state index contributed by atoms with van der Waals surface area (Å²) in [5, 5.41) is 24.2. The second kappa shape index (κ2) is 8.16. The first kappa shape index (κ1) is 19.5. The molecule has 0 atom stereocenters. The van der Waals surface area contributed by atoms with Crippen LogP contribution in [0.2, 0.25) is 10.0 Å². The Balaban J connectivity index is 1.73. The number of benzene rings is 3. The first-order valence-electron chi connectivity index (χ1n) is 7.86. The molecular formula is C19H12Cl2N2O5. The van der Waals surface area contributed by atoms with E-state index in [1.165, 1.54) is 12.1 Å². The van der Waals surface area contributed by atoms with Gasteiger partial charge in [0.25, 0.3) is 5.91 Å². The van der Waals surface area contributed by atoms with Gasteiger partial charge in [-0.05, 0) is 48.5 Å². The summed E-state index contributed by atoms with van der Waals surface area (Å²) in [7, 11) is 0. The number of amides is 1. The fourth-order valence-corrected chi connectivity index (χ4v) is 2.80. The van der Waals surface area contributed by atoms with E-state index in [9.17, 15) is 20.0 Å². The maximum absolute atomic E-state index is 12.3. The Morgan fingerprint density at radius 3 is 2.43 bits per heavy atom. The number of nitro benzene ring substituents is 1. The minimum Gasteiger partial charge on any atom is -0.502 e. The Labute approximate surface area is 169 Å². The molecule has 0 bridgehead atoms. The first-order valence-corrected chi connectivity index (χ1v) is 8.61. The molecule has 0 fully saturated rings. The van der Waals surface area contributed by atoms with E-state index in [2.05, 4.69) is 5.32 Å². The molecule has 3 aromatic carbocycles. The molecule has 0 aliphatic carbocycles. The van der Waals surface area contributed by atoms with Crippen molar-refractivity contribution in [2.24, 2.45) is 0 Å². The molecule has 0 unspecified atom stereocenters. The zero-order chi connectivity index (χ0) is 20.3. The van der Waals surface area contributed by atoms with Gasteiger partial charge in [-0.15, -0.1) is 0 Å². The van der Waals surface area contributed by atoms with Crippen LogP contribution in [0.1, 0.15) is 10.4 Å². The highest BCUT2D eigenvalue weighted by Crippen LogP contribution is 2.32. The fraction of sp³-hybridized carbons (Fsp3) is 0. The molecule has 142 valence electrons. The van der Waals surface area contributed by atoms with Gasteiger partial charge in [0, 0.05) is 16.8 Å². The van der Waals surface area contributed by atoms with Gasteiger partial charge in [0.2, 0.25) is 5.75 Å². The normalized spacial score (nSPS) is 10.4. The molecule has 2 N–H and O–H groups in total. The summed E-state index contributed by atoms with van der Waals surface area (Å²) in [4.78, 5) is 22.4. The number of hydrogen-bond donors (Lipinski definition) is 2. The Bertz CT molecular complexity index is 1050. The number of aromatic hydroxyl groups is 1. The third-order valence-corrected chi connectivity index (χ3v) is 4.22.